The van der Waals surface area contributed by atoms with E-state index in [1.54, 1.807) is 0 Å². The Balaban J connectivity index is 2.20. The topological polar surface area (TPSA) is 151 Å². The van der Waals surface area contributed by atoms with Gasteiger partial charge in [0.25, 0.3) is 5.91 Å². The molecule has 0 bridgehead atoms. The zero-order chi connectivity index (χ0) is 23.0. The maximum atomic E-state index is 12.7. The van der Waals surface area contributed by atoms with Crippen molar-refractivity contribution in [1.82, 2.24) is 9.55 Å². The Labute approximate surface area is 179 Å². The van der Waals surface area contributed by atoms with Gasteiger partial charge in [0.15, 0.2) is 5.82 Å². The van der Waals surface area contributed by atoms with Gasteiger partial charge in [-0.15, -0.1) is 0 Å². The number of hydrogen-bond donors (Lipinski definition) is 4. The van der Waals surface area contributed by atoms with Crippen molar-refractivity contribution in [2.24, 2.45) is 0 Å². The van der Waals surface area contributed by atoms with E-state index >= 15 is 0 Å². The molecule has 166 valence electrons. The average Bonchev–Trinajstić information content (AvgIpc) is 3.14. The number of hydrogen-bond acceptors (Lipinski definition) is 5. The van der Waals surface area contributed by atoms with Crippen molar-refractivity contribution in [3.8, 4) is 0 Å². The fourth-order valence-electron chi connectivity index (χ4n) is 3.19. The van der Waals surface area contributed by atoms with Crippen LogP contribution in [0.2, 0.25) is 0 Å². The van der Waals surface area contributed by atoms with Gasteiger partial charge in [0.1, 0.15) is 6.04 Å². The fraction of sp³-hybridized carbons (Fsp3) is 0.381. The van der Waals surface area contributed by atoms with E-state index in [-0.39, 0.29) is 22.6 Å². The molecule has 2 amide bonds. The van der Waals surface area contributed by atoms with Gasteiger partial charge in [-0.3, -0.25) is 9.59 Å². The van der Waals surface area contributed by atoms with Crippen LogP contribution in [0.15, 0.2) is 30.7 Å². The first kappa shape index (κ1) is 23.6. The number of rotatable bonds is 11. The molecule has 4 N–H and O–H groups in total. The van der Waals surface area contributed by atoms with Crippen LogP contribution in [-0.4, -0.2) is 43.5 Å². The third-order valence-electron chi connectivity index (χ3n) is 4.65. The summed E-state index contributed by atoms with van der Waals surface area (Å²) in [7, 11) is 0. The van der Waals surface area contributed by atoms with Gasteiger partial charge >= 0.3 is 11.9 Å². The lowest BCUT2D eigenvalue weighted by atomic mass is 10.0. The molecule has 1 aromatic heterocycles. The van der Waals surface area contributed by atoms with Crippen LogP contribution >= 0.6 is 0 Å². The van der Waals surface area contributed by atoms with E-state index in [9.17, 15) is 29.4 Å². The molecule has 0 aliphatic heterocycles. The molecule has 10 nitrogen and oxygen atoms in total. The molecule has 0 aliphatic rings. The van der Waals surface area contributed by atoms with E-state index in [4.69, 9.17) is 0 Å². The Morgan fingerprint density at radius 2 is 1.84 bits per heavy atom. The number of nitrogens with zero attached hydrogens (tertiary/aromatic N) is 2. The highest BCUT2D eigenvalue weighted by Crippen LogP contribution is 2.23. The number of carboxylic acid groups (broad SMARTS) is 2. The van der Waals surface area contributed by atoms with Crippen LogP contribution in [0.4, 0.5) is 11.5 Å². The van der Waals surface area contributed by atoms with Crippen LogP contribution in [0.5, 0.6) is 0 Å². The zero-order valence-corrected chi connectivity index (χ0v) is 17.4. The summed E-state index contributed by atoms with van der Waals surface area (Å²) in [6, 6.07) is 3.33. The number of aliphatic carboxylic acids is 1. The second-order valence-electron chi connectivity index (χ2n) is 7.08. The first-order chi connectivity index (χ1) is 14.7. The minimum absolute atomic E-state index is 0.00352. The van der Waals surface area contributed by atoms with E-state index in [2.05, 4.69) is 22.5 Å². The van der Waals surface area contributed by atoms with Gasteiger partial charge in [-0.2, -0.15) is 0 Å². The summed E-state index contributed by atoms with van der Waals surface area (Å²) in [6.07, 6.45) is 6.90. The van der Waals surface area contributed by atoms with Crippen molar-refractivity contribution in [2.75, 3.05) is 10.6 Å². The lowest BCUT2D eigenvalue weighted by Gasteiger charge is -2.13. The molecule has 0 spiro atoms. The van der Waals surface area contributed by atoms with Crippen LogP contribution in [0, 0.1) is 0 Å². The summed E-state index contributed by atoms with van der Waals surface area (Å²) in [5.74, 6) is -3.51. The summed E-state index contributed by atoms with van der Waals surface area (Å²) in [5.41, 5.74) is -0.521. The highest BCUT2D eigenvalue weighted by molar-refractivity contribution is 6.13. The van der Waals surface area contributed by atoms with Gasteiger partial charge < -0.3 is 25.4 Å². The van der Waals surface area contributed by atoms with Gasteiger partial charge in [0, 0.05) is 13.1 Å². The van der Waals surface area contributed by atoms with E-state index < -0.39 is 29.8 Å². The van der Waals surface area contributed by atoms with Gasteiger partial charge in [-0.05, 0) is 18.6 Å². The maximum absolute atomic E-state index is 12.7. The lowest BCUT2D eigenvalue weighted by molar-refractivity contribution is -0.141. The SMILES string of the molecule is CCCCCCC(C(=O)O)n1cnc(NC(=O)c2cccc(NC(C)=O)c2C(=O)O)c1. The zero-order valence-electron chi connectivity index (χ0n) is 17.4. The number of imidazole rings is 1. The molecular weight excluding hydrogens is 404 g/mol. The minimum atomic E-state index is -1.38. The Hall–Kier alpha value is -3.69. The molecule has 1 atom stereocenters. The Bertz CT molecular complexity index is 969. The molecule has 0 saturated carbocycles. The molecular formula is C21H26N4O6. The average molecular weight is 430 g/mol. The normalized spacial score (nSPS) is 11.5. The highest BCUT2D eigenvalue weighted by atomic mass is 16.4. The number of unbranched alkanes of at least 4 members (excludes halogenated alkanes) is 3. The summed E-state index contributed by atoms with van der Waals surface area (Å²) in [6.45, 7) is 3.30. The predicted molar refractivity (Wildman–Crippen MR) is 113 cm³/mol. The lowest BCUT2D eigenvalue weighted by Crippen LogP contribution is -2.20. The summed E-state index contributed by atoms with van der Waals surface area (Å²) in [4.78, 5) is 51.3. The largest absolute Gasteiger partial charge is 0.480 e. The fourth-order valence-corrected chi connectivity index (χ4v) is 3.19. The molecule has 2 aromatic rings. The van der Waals surface area contributed by atoms with Crippen LogP contribution in [0.3, 0.4) is 0 Å². The van der Waals surface area contributed by atoms with Crippen molar-refractivity contribution in [1.29, 1.82) is 0 Å². The monoisotopic (exact) mass is 430 g/mol. The van der Waals surface area contributed by atoms with Crippen molar-refractivity contribution >= 4 is 35.3 Å². The molecule has 0 radical (unpaired) electrons. The third kappa shape index (κ3) is 6.39. The molecule has 0 aliphatic carbocycles. The van der Waals surface area contributed by atoms with Crippen LogP contribution in [0.1, 0.15) is 72.7 Å². The van der Waals surface area contributed by atoms with E-state index in [0.717, 1.165) is 25.7 Å². The number of amides is 2. The Kier molecular flexibility index (Phi) is 8.30. The van der Waals surface area contributed by atoms with Crippen LogP contribution in [-0.2, 0) is 9.59 Å². The van der Waals surface area contributed by atoms with E-state index in [1.165, 1.54) is 42.2 Å². The van der Waals surface area contributed by atoms with Crippen molar-refractivity contribution < 1.29 is 29.4 Å². The van der Waals surface area contributed by atoms with Crippen molar-refractivity contribution in [3.63, 3.8) is 0 Å². The van der Waals surface area contributed by atoms with Gasteiger partial charge in [-0.25, -0.2) is 14.6 Å². The van der Waals surface area contributed by atoms with E-state index in [0.29, 0.717) is 6.42 Å². The quantitative estimate of drug-likeness (QED) is 0.399. The molecule has 0 saturated heterocycles. The molecule has 0 fully saturated rings. The molecule has 31 heavy (non-hydrogen) atoms. The highest BCUT2D eigenvalue weighted by Gasteiger charge is 2.23. The number of anilines is 2. The number of carbonyl (C=O) groups is 4. The molecule has 1 aromatic carbocycles. The van der Waals surface area contributed by atoms with Crippen molar-refractivity contribution in [3.05, 3.63) is 41.9 Å². The number of carbonyl (C=O) groups excluding carboxylic acids is 2. The maximum Gasteiger partial charge on any atom is 0.338 e. The number of benzene rings is 1. The molecule has 1 unspecified atom stereocenters. The van der Waals surface area contributed by atoms with Gasteiger partial charge in [-0.1, -0.05) is 38.7 Å². The minimum Gasteiger partial charge on any atom is -0.480 e. The molecule has 10 heteroatoms. The predicted octanol–water partition coefficient (Wildman–Crippen LogP) is 3.39. The van der Waals surface area contributed by atoms with Gasteiger partial charge in [0.2, 0.25) is 5.91 Å². The Morgan fingerprint density at radius 3 is 2.45 bits per heavy atom. The summed E-state index contributed by atoms with van der Waals surface area (Å²) in [5, 5.41) is 23.9. The van der Waals surface area contributed by atoms with Crippen LogP contribution in [0.25, 0.3) is 0 Å². The summed E-state index contributed by atoms with van der Waals surface area (Å²) < 4.78 is 1.41. The second-order valence-corrected chi connectivity index (χ2v) is 7.08. The number of nitrogens with one attached hydrogen (secondary N) is 2. The summed E-state index contributed by atoms with van der Waals surface area (Å²) >= 11 is 0. The van der Waals surface area contributed by atoms with Gasteiger partial charge in [0.05, 0.1) is 23.1 Å². The van der Waals surface area contributed by atoms with Crippen molar-refractivity contribution in [2.45, 2.75) is 52.0 Å². The first-order valence-electron chi connectivity index (χ1n) is 9.96. The number of aromatic nitrogens is 2. The standard InChI is InChI=1S/C21H26N4O6/c1-3-4-5-6-10-16(20(28)29)25-11-17(22-12-25)24-19(27)14-8-7-9-15(23-13(2)26)18(14)21(30)31/h7-9,11-12,16H,3-6,10H2,1-2H3,(H,23,26)(H,24,27)(H,28,29)(H,30,31). The molecule has 2 rings (SSSR count). The third-order valence-corrected chi connectivity index (χ3v) is 4.65. The number of aromatic carboxylic acids is 1. The second kappa shape index (κ2) is 10.9. The van der Waals surface area contributed by atoms with E-state index in [1.807, 2.05) is 0 Å². The number of carboxylic acids is 2. The van der Waals surface area contributed by atoms with Crippen LogP contribution < -0.4 is 10.6 Å². The smallest absolute Gasteiger partial charge is 0.338 e. The Morgan fingerprint density at radius 1 is 1.10 bits per heavy atom. The first-order valence-corrected chi connectivity index (χ1v) is 9.96. The molecule has 1 heterocycles.